The Kier molecular flexibility index (Phi) is 4.97. The molecule has 4 rings (SSSR count). The smallest absolute Gasteiger partial charge is 0.263 e. The predicted octanol–water partition coefficient (Wildman–Crippen LogP) is 4.97. The summed E-state index contributed by atoms with van der Waals surface area (Å²) in [5, 5.41) is 0. The van der Waals surface area contributed by atoms with Crippen LogP contribution in [-0.4, -0.2) is 18.4 Å². The summed E-state index contributed by atoms with van der Waals surface area (Å²) in [5.41, 5.74) is 1.61. The average molecular weight is 456 g/mol. The number of sulfonamides is 1. The number of benzene rings is 2. The summed E-state index contributed by atoms with van der Waals surface area (Å²) in [6.45, 7) is 0. The predicted molar refractivity (Wildman–Crippen MR) is 110 cm³/mol. The number of oxazole rings is 1. The molecule has 140 valence electrons. The fourth-order valence-corrected chi connectivity index (χ4v) is 3.80. The Labute approximate surface area is 170 Å². The number of nitrogens with zero attached hydrogens (tertiary/aromatic N) is 2. The zero-order chi connectivity index (χ0) is 19.6. The molecule has 0 aliphatic rings. The second-order valence-electron chi connectivity index (χ2n) is 5.89. The van der Waals surface area contributed by atoms with E-state index in [1.54, 1.807) is 30.5 Å². The summed E-state index contributed by atoms with van der Waals surface area (Å²) in [6.07, 6.45) is 3.17. The molecule has 28 heavy (non-hydrogen) atoms. The van der Waals surface area contributed by atoms with Gasteiger partial charge in [0.05, 0.1) is 11.1 Å². The first-order valence-electron chi connectivity index (χ1n) is 8.27. The van der Waals surface area contributed by atoms with Crippen molar-refractivity contribution in [1.29, 1.82) is 0 Å². The molecule has 0 unspecified atom stereocenters. The molecule has 0 aliphatic carbocycles. The van der Waals surface area contributed by atoms with Gasteiger partial charge in [0, 0.05) is 21.8 Å². The van der Waals surface area contributed by atoms with E-state index in [0.29, 0.717) is 17.2 Å². The molecule has 2 heterocycles. The van der Waals surface area contributed by atoms with Crippen LogP contribution in [0.1, 0.15) is 0 Å². The molecule has 0 amide bonds. The van der Waals surface area contributed by atoms with Crippen molar-refractivity contribution in [3.05, 3.63) is 83.6 Å². The highest BCUT2D eigenvalue weighted by atomic mass is 79.9. The highest BCUT2D eigenvalue weighted by Crippen LogP contribution is 2.27. The van der Waals surface area contributed by atoms with Gasteiger partial charge in [-0.25, -0.2) is 18.4 Å². The molecule has 0 bridgehead atoms. The van der Waals surface area contributed by atoms with Crippen molar-refractivity contribution >= 4 is 31.8 Å². The van der Waals surface area contributed by atoms with E-state index in [2.05, 4.69) is 30.6 Å². The summed E-state index contributed by atoms with van der Waals surface area (Å²) in [6, 6.07) is 19.2. The van der Waals surface area contributed by atoms with Crippen LogP contribution in [0.25, 0.3) is 22.8 Å². The van der Waals surface area contributed by atoms with E-state index in [4.69, 9.17) is 4.42 Å². The van der Waals surface area contributed by atoms with Gasteiger partial charge in [-0.2, -0.15) is 0 Å². The SMILES string of the molecule is O=S(=O)(Nc1ccc(Br)cn1)c1ccc(-c2ncc(-c3ccccc3)o2)cc1. The Morgan fingerprint density at radius 3 is 2.25 bits per heavy atom. The maximum atomic E-state index is 12.5. The van der Waals surface area contributed by atoms with Crippen LogP contribution in [0.2, 0.25) is 0 Å². The molecule has 0 atom stereocenters. The number of aromatic nitrogens is 2. The van der Waals surface area contributed by atoms with Crippen LogP contribution >= 0.6 is 15.9 Å². The van der Waals surface area contributed by atoms with E-state index in [1.165, 1.54) is 18.3 Å². The number of anilines is 1. The molecule has 1 N–H and O–H groups in total. The van der Waals surface area contributed by atoms with E-state index in [0.717, 1.165) is 10.0 Å². The number of halogens is 1. The van der Waals surface area contributed by atoms with Crippen LogP contribution in [0.15, 0.2) is 92.9 Å². The molecule has 0 saturated heterocycles. The first-order chi connectivity index (χ1) is 13.5. The lowest BCUT2D eigenvalue weighted by Crippen LogP contribution is -2.13. The minimum Gasteiger partial charge on any atom is -0.436 e. The zero-order valence-corrected chi connectivity index (χ0v) is 16.8. The van der Waals surface area contributed by atoms with E-state index < -0.39 is 10.0 Å². The fourth-order valence-electron chi connectivity index (χ4n) is 2.55. The van der Waals surface area contributed by atoms with Crippen LogP contribution in [-0.2, 0) is 10.0 Å². The Bertz CT molecular complexity index is 1190. The number of hydrogen-bond donors (Lipinski definition) is 1. The number of hydrogen-bond acceptors (Lipinski definition) is 5. The topological polar surface area (TPSA) is 85.1 Å². The highest BCUT2D eigenvalue weighted by Gasteiger charge is 2.16. The van der Waals surface area contributed by atoms with Gasteiger partial charge in [-0.1, -0.05) is 30.3 Å². The van der Waals surface area contributed by atoms with Crippen molar-refractivity contribution in [1.82, 2.24) is 9.97 Å². The van der Waals surface area contributed by atoms with Gasteiger partial charge in [0.15, 0.2) is 5.76 Å². The largest absolute Gasteiger partial charge is 0.436 e. The lowest BCUT2D eigenvalue weighted by molar-refractivity contribution is 0.588. The maximum absolute atomic E-state index is 12.5. The quantitative estimate of drug-likeness (QED) is 0.459. The molecule has 6 nitrogen and oxygen atoms in total. The highest BCUT2D eigenvalue weighted by molar-refractivity contribution is 9.10. The van der Waals surface area contributed by atoms with Crippen molar-refractivity contribution < 1.29 is 12.8 Å². The monoisotopic (exact) mass is 455 g/mol. The maximum Gasteiger partial charge on any atom is 0.263 e. The third-order valence-electron chi connectivity index (χ3n) is 3.94. The lowest BCUT2D eigenvalue weighted by Gasteiger charge is -2.07. The van der Waals surface area contributed by atoms with Gasteiger partial charge in [0.1, 0.15) is 5.82 Å². The summed E-state index contributed by atoms with van der Waals surface area (Å²) in [4.78, 5) is 8.43. The van der Waals surface area contributed by atoms with Gasteiger partial charge in [-0.3, -0.25) is 4.72 Å². The Morgan fingerprint density at radius 2 is 1.57 bits per heavy atom. The van der Waals surface area contributed by atoms with Crippen LogP contribution in [0, 0.1) is 0 Å². The third kappa shape index (κ3) is 3.97. The summed E-state index contributed by atoms with van der Waals surface area (Å²) in [7, 11) is -3.74. The molecule has 8 heteroatoms. The van der Waals surface area contributed by atoms with Crippen LogP contribution in [0.4, 0.5) is 5.82 Å². The summed E-state index contributed by atoms with van der Waals surface area (Å²) >= 11 is 3.26. The van der Waals surface area contributed by atoms with Gasteiger partial charge < -0.3 is 4.42 Å². The van der Waals surface area contributed by atoms with Crippen LogP contribution in [0.3, 0.4) is 0 Å². The summed E-state index contributed by atoms with van der Waals surface area (Å²) in [5.74, 6) is 1.31. The zero-order valence-electron chi connectivity index (χ0n) is 14.4. The lowest BCUT2D eigenvalue weighted by atomic mass is 10.2. The fraction of sp³-hybridized carbons (Fsp3) is 0. The van der Waals surface area contributed by atoms with Crippen molar-refractivity contribution in [2.24, 2.45) is 0 Å². The van der Waals surface area contributed by atoms with E-state index >= 15 is 0 Å². The van der Waals surface area contributed by atoms with Gasteiger partial charge in [-0.05, 0) is 52.3 Å². The molecule has 2 aromatic carbocycles. The molecular formula is C20H14BrN3O3S. The van der Waals surface area contributed by atoms with Crippen molar-refractivity contribution in [3.63, 3.8) is 0 Å². The first-order valence-corrected chi connectivity index (χ1v) is 10.5. The summed E-state index contributed by atoms with van der Waals surface area (Å²) < 4.78 is 34.1. The van der Waals surface area contributed by atoms with Crippen molar-refractivity contribution in [2.75, 3.05) is 4.72 Å². The van der Waals surface area contributed by atoms with E-state index in [1.807, 2.05) is 30.3 Å². The Hall–Kier alpha value is -2.97. The second kappa shape index (κ2) is 7.57. The molecular weight excluding hydrogens is 442 g/mol. The molecule has 0 radical (unpaired) electrons. The first kappa shape index (κ1) is 18.4. The number of rotatable bonds is 5. The third-order valence-corrected chi connectivity index (χ3v) is 5.78. The van der Waals surface area contributed by atoms with Crippen molar-refractivity contribution in [2.45, 2.75) is 4.90 Å². The average Bonchev–Trinajstić information content (AvgIpc) is 3.21. The molecule has 0 spiro atoms. The van der Waals surface area contributed by atoms with E-state index in [9.17, 15) is 8.42 Å². The normalized spacial score (nSPS) is 11.3. The molecule has 4 aromatic rings. The molecule has 2 aromatic heterocycles. The van der Waals surface area contributed by atoms with Crippen LogP contribution in [0.5, 0.6) is 0 Å². The van der Waals surface area contributed by atoms with Gasteiger partial charge in [-0.15, -0.1) is 0 Å². The van der Waals surface area contributed by atoms with Crippen molar-refractivity contribution in [3.8, 4) is 22.8 Å². The Balaban J connectivity index is 1.55. The Morgan fingerprint density at radius 1 is 0.821 bits per heavy atom. The van der Waals surface area contributed by atoms with Gasteiger partial charge >= 0.3 is 0 Å². The molecule has 0 aliphatic heterocycles. The van der Waals surface area contributed by atoms with Gasteiger partial charge in [0.25, 0.3) is 10.0 Å². The molecule has 0 saturated carbocycles. The molecule has 0 fully saturated rings. The second-order valence-corrected chi connectivity index (χ2v) is 8.49. The minimum absolute atomic E-state index is 0.121. The number of pyridine rings is 1. The minimum atomic E-state index is -3.74. The standard InChI is InChI=1S/C20H14BrN3O3S/c21-16-8-11-19(22-12-16)24-28(25,26)17-9-6-15(7-10-17)20-23-13-18(27-20)14-4-2-1-3-5-14/h1-13H,(H,22,24). The van der Waals surface area contributed by atoms with Crippen LogP contribution < -0.4 is 4.72 Å². The van der Waals surface area contributed by atoms with E-state index in [-0.39, 0.29) is 10.7 Å². The number of nitrogens with one attached hydrogen (secondary N) is 1. The van der Waals surface area contributed by atoms with Gasteiger partial charge in [0.2, 0.25) is 5.89 Å².